The Bertz CT molecular complexity index is 375. The van der Waals surface area contributed by atoms with Crippen LogP contribution in [-0.2, 0) is 4.74 Å². The van der Waals surface area contributed by atoms with Crippen molar-refractivity contribution < 1.29 is 9.53 Å². The Hall–Kier alpha value is -1.35. The summed E-state index contributed by atoms with van der Waals surface area (Å²) in [5.74, 6) is 0. The lowest BCUT2D eigenvalue weighted by atomic mass is 10.2. The highest BCUT2D eigenvalue weighted by molar-refractivity contribution is 5.75. The molecule has 0 N–H and O–H groups in total. The van der Waals surface area contributed by atoms with Crippen LogP contribution in [-0.4, -0.2) is 31.6 Å². The predicted molar refractivity (Wildman–Crippen MR) is 61.9 cm³/mol. The molecule has 0 aliphatic carbocycles. The molecule has 2 aliphatic heterocycles. The number of carbonyl (C=O) groups excluding carboxylic acids is 1. The maximum Gasteiger partial charge on any atom is 0.150 e. The third-order valence-corrected chi connectivity index (χ3v) is 3.44. The molecule has 3 nitrogen and oxygen atoms in total. The zero-order chi connectivity index (χ0) is 11.0. The topological polar surface area (TPSA) is 29.5 Å². The van der Waals surface area contributed by atoms with Gasteiger partial charge in [0.05, 0.1) is 12.2 Å². The van der Waals surface area contributed by atoms with Gasteiger partial charge in [0.1, 0.15) is 6.29 Å². The molecular formula is C13H15NO2. The van der Waals surface area contributed by atoms with Crippen molar-refractivity contribution in [1.29, 1.82) is 0 Å². The summed E-state index contributed by atoms with van der Waals surface area (Å²) in [7, 11) is 0. The van der Waals surface area contributed by atoms with E-state index in [2.05, 4.69) is 4.90 Å². The Morgan fingerprint density at radius 2 is 1.75 bits per heavy atom. The molecule has 2 heterocycles. The normalized spacial score (nSPS) is 28.1. The highest BCUT2D eigenvalue weighted by atomic mass is 16.5. The number of anilines is 1. The summed E-state index contributed by atoms with van der Waals surface area (Å²) in [6.45, 7) is 1.97. The van der Waals surface area contributed by atoms with Gasteiger partial charge in [-0.3, -0.25) is 4.79 Å². The number of nitrogens with zero attached hydrogens (tertiary/aromatic N) is 1. The van der Waals surface area contributed by atoms with Crippen LogP contribution >= 0.6 is 0 Å². The van der Waals surface area contributed by atoms with E-state index < -0.39 is 0 Å². The lowest BCUT2D eigenvalue weighted by Crippen LogP contribution is -2.42. The summed E-state index contributed by atoms with van der Waals surface area (Å²) >= 11 is 0. The van der Waals surface area contributed by atoms with Crippen LogP contribution in [0, 0.1) is 0 Å². The van der Waals surface area contributed by atoms with Crippen molar-refractivity contribution in [2.24, 2.45) is 0 Å². The van der Waals surface area contributed by atoms with E-state index in [1.165, 1.54) is 18.5 Å². The van der Waals surface area contributed by atoms with Crippen LogP contribution in [0.1, 0.15) is 23.2 Å². The van der Waals surface area contributed by atoms with Gasteiger partial charge >= 0.3 is 0 Å². The minimum atomic E-state index is 0.407. The fourth-order valence-corrected chi connectivity index (χ4v) is 2.59. The molecule has 2 saturated heterocycles. The van der Waals surface area contributed by atoms with Crippen LogP contribution in [0.2, 0.25) is 0 Å². The first-order valence-electron chi connectivity index (χ1n) is 5.81. The number of fused-ring (bicyclic) bond motifs is 2. The number of hydrogen-bond donors (Lipinski definition) is 0. The van der Waals surface area contributed by atoms with E-state index in [4.69, 9.17) is 4.74 Å². The van der Waals surface area contributed by atoms with Crippen molar-refractivity contribution in [2.75, 3.05) is 18.0 Å². The van der Waals surface area contributed by atoms with Crippen LogP contribution < -0.4 is 4.90 Å². The van der Waals surface area contributed by atoms with Gasteiger partial charge in [0.2, 0.25) is 0 Å². The average Bonchev–Trinajstić information content (AvgIpc) is 2.68. The molecule has 2 unspecified atom stereocenters. The van der Waals surface area contributed by atoms with Crippen molar-refractivity contribution in [3.05, 3.63) is 29.8 Å². The third-order valence-electron chi connectivity index (χ3n) is 3.44. The Kier molecular flexibility index (Phi) is 2.40. The number of aldehydes is 1. The molecular weight excluding hydrogens is 202 g/mol. The first-order valence-corrected chi connectivity index (χ1v) is 5.81. The van der Waals surface area contributed by atoms with Crippen molar-refractivity contribution in [3.8, 4) is 0 Å². The molecule has 0 amide bonds. The van der Waals surface area contributed by atoms with Gasteiger partial charge in [-0.25, -0.2) is 0 Å². The molecule has 1 aromatic carbocycles. The lowest BCUT2D eigenvalue weighted by Gasteiger charge is -2.33. The minimum Gasteiger partial charge on any atom is -0.371 e. The molecule has 0 aromatic heterocycles. The van der Waals surface area contributed by atoms with Gasteiger partial charge in [0.25, 0.3) is 0 Å². The fourth-order valence-electron chi connectivity index (χ4n) is 2.59. The molecule has 16 heavy (non-hydrogen) atoms. The van der Waals surface area contributed by atoms with E-state index in [1.54, 1.807) is 0 Å². The Balaban J connectivity index is 1.78. The Morgan fingerprint density at radius 1 is 1.12 bits per heavy atom. The Morgan fingerprint density at radius 3 is 2.31 bits per heavy atom. The zero-order valence-electron chi connectivity index (χ0n) is 9.13. The van der Waals surface area contributed by atoms with Crippen molar-refractivity contribution >= 4 is 12.0 Å². The number of hydrogen-bond acceptors (Lipinski definition) is 3. The fraction of sp³-hybridized carbons (Fsp3) is 0.462. The van der Waals surface area contributed by atoms with Gasteiger partial charge in [-0.05, 0) is 37.1 Å². The van der Waals surface area contributed by atoms with Gasteiger partial charge in [-0.1, -0.05) is 0 Å². The van der Waals surface area contributed by atoms with Gasteiger partial charge in [0, 0.05) is 24.3 Å². The molecule has 2 atom stereocenters. The molecule has 1 aromatic rings. The quantitative estimate of drug-likeness (QED) is 0.708. The van der Waals surface area contributed by atoms with E-state index >= 15 is 0 Å². The third kappa shape index (κ3) is 1.71. The first-order chi connectivity index (χ1) is 7.85. The van der Waals surface area contributed by atoms with Crippen LogP contribution in [0.15, 0.2) is 24.3 Å². The molecule has 2 bridgehead atoms. The largest absolute Gasteiger partial charge is 0.371 e. The highest BCUT2D eigenvalue weighted by Crippen LogP contribution is 2.29. The Labute approximate surface area is 95.0 Å². The number of benzene rings is 1. The van der Waals surface area contributed by atoms with Gasteiger partial charge in [-0.2, -0.15) is 0 Å². The maximum atomic E-state index is 10.6. The summed E-state index contributed by atoms with van der Waals surface area (Å²) < 4.78 is 5.80. The standard InChI is InChI=1S/C13H15NO2/c15-9-10-1-3-11(4-2-10)14-7-12-5-6-13(8-14)16-12/h1-4,9,12-13H,5-8H2. The number of ether oxygens (including phenoxy) is 1. The van der Waals surface area contributed by atoms with Crippen LogP contribution in [0.3, 0.4) is 0 Å². The summed E-state index contributed by atoms with van der Waals surface area (Å²) in [5, 5.41) is 0. The monoisotopic (exact) mass is 217 g/mol. The molecule has 2 fully saturated rings. The first kappa shape index (κ1) is 9.85. The van der Waals surface area contributed by atoms with Crippen molar-refractivity contribution in [2.45, 2.75) is 25.0 Å². The second kappa shape index (κ2) is 3.91. The predicted octanol–water partition coefficient (Wildman–Crippen LogP) is 1.87. The lowest BCUT2D eigenvalue weighted by molar-refractivity contribution is 0.0305. The average molecular weight is 217 g/mol. The molecule has 0 spiro atoms. The highest BCUT2D eigenvalue weighted by Gasteiger charge is 2.33. The van der Waals surface area contributed by atoms with E-state index in [1.807, 2.05) is 24.3 Å². The van der Waals surface area contributed by atoms with Crippen LogP contribution in [0.4, 0.5) is 5.69 Å². The molecule has 3 rings (SSSR count). The summed E-state index contributed by atoms with van der Waals surface area (Å²) in [4.78, 5) is 12.9. The van der Waals surface area contributed by atoms with E-state index in [9.17, 15) is 4.79 Å². The molecule has 0 saturated carbocycles. The van der Waals surface area contributed by atoms with Crippen molar-refractivity contribution in [1.82, 2.24) is 0 Å². The SMILES string of the molecule is O=Cc1ccc(N2CC3CCC(C2)O3)cc1. The minimum absolute atomic E-state index is 0.407. The van der Waals surface area contributed by atoms with Crippen LogP contribution in [0.25, 0.3) is 0 Å². The molecule has 84 valence electrons. The van der Waals surface area contributed by atoms with Gasteiger partial charge < -0.3 is 9.64 Å². The van der Waals surface area contributed by atoms with E-state index in [0.717, 1.165) is 24.9 Å². The summed E-state index contributed by atoms with van der Waals surface area (Å²) in [6.07, 6.45) is 4.07. The number of rotatable bonds is 2. The smallest absolute Gasteiger partial charge is 0.150 e. The van der Waals surface area contributed by atoms with E-state index in [0.29, 0.717) is 12.2 Å². The second-order valence-electron chi connectivity index (χ2n) is 4.57. The van der Waals surface area contributed by atoms with E-state index in [-0.39, 0.29) is 0 Å². The number of morpholine rings is 1. The summed E-state index contributed by atoms with van der Waals surface area (Å²) in [6, 6.07) is 7.79. The van der Waals surface area contributed by atoms with Crippen molar-refractivity contribution in [3.63, 3.8) is 0 Å². The van der Waals surface area contributed by atoms with Gasteiger partial charge in [-0.15, -0.1) is 0 Å². The summed E-state index contributed by atoms with van der Waals surface area (Å²) in [5.41, 5.74) is 1.94. The molecule has 0 radical (unpaired) electrons. The molecule has 3 heteroatoms. The van der Waals surface area contributed by atoms with Crippen LogP contribution in [0.5, 0.6) is 0 Å². The zero-order valence-corrected chi connectivity index (χ0v) is 9.13. The molecule has 2 aliphatic rings. The maximum absolute atomic E-state index is 10.6. The van der Waals surface area contributed by atoms with Gasteiger partial charge in [0.15, 0.2) is 0 Å². The number of carbonyl (C=O) groups is 1. The second-order valence-corrected chi connectivity index (χ2v) is 4.57.